The molecule has 5 aliphatic rings. The van der Waals surface area contributed by atoms with Crippen LogP contribution in [0.3, 0.4) is 0 Å². The molecular formula is C28H36O6. The van der Waals surface area contributed by atoms with Gasteiger partial charge >= 0.3 is 5.97 Å². The van der Waals surface area contributed by atoms with Crippen molar-refractivity contribution >= 4 is 5.97 Å². The van der Waals surface area contributed by atoms with Gasteiger partial charge in [-0.1, -0.05) is 56.9 Å². The minimum atomic E-state index is -0.699. The third-order valence-corrected chi connectivity index (χ3v) is 8.56. The maximum Gasteiger partial charge on any atom is 0.334 e. The molecule has 0 aromatic rings. The van der Waals surface area contributed by atoms with Gasteiger partial charge in [-0.15, -0.1) is 0 Å². The Labute approximate surface area is 202 Å². The lowest BCUT2D eigenvalue weighted by molar-refractivity contribution is -0.165. The quantitative estimate of drug-likeness (QED) is 0.501. The van der Waals surface area contributed by atoms with Gasteiger partial charge in [0.05, 0.1) is 12.7 Å². The van der Waals surface area contributed by atoms with Gasteiger partial charge in [0.1, 0.15) is 29.7 Å². The Morgan fingerprint density at radius 2 is 2.09 bits per heavy atom. The molecule has 1 saturated carbocycles. The molecule has 1 spiro atoms. The van der Waals surface area contributed by atoms with Gasteiger partial charge in [0.25, 0.3) is 0 Å². The number of methoxy groups -OCH3 is 1. The predicted molar refractivity (Wildman–Crippen MR) is 128 cm³/mol. The Balaban J connectivity index is 1.54. The van der Waals surface area contributed by atoms with E-state index in [9.17, 15) is 9.90 Å². The average molecular weight is 469 g/mol. The number of esters is 1. The molecule has 2 aliphatic heterocycles. The molecule has 0 amide bonds. The number of hydrogen-bond donors (Lipinski definition) is 1. The molecule has 3 aliphatic carbocycles. The number of aliphatic hydroxyl groups excluding tert-OH is 1. The molecule has 6 heteroatoms. The van der Waals surface area contributed by atoms with Crippen LogP contribution in [-0.2, 0) is 23.7 Å². The number of ether oxygens (including phenoxy) is 4. The van der Waals surface area contributed by atoms with Crippen molar-refractivity contribution in [1.82, 2.24) is 0 Å². The first-order valence-corrected chi connectivity index (χ1v) is 12.4. The molecule has 0 radical (unpaired) electrons. The molecule has 0 aromatic heterocycles. The largest absolute Gasteiger partial charge is 0.495 e. The Hall–Kier alpha value is -2.15. The van der Waals surface area contributed by atoms with Crippen molar-refractivity contribution in [1.29, 1.82) is 0 Å². The molecule has 10 atom stereocenters. The first-order chi connectivity index (χ1) is 16.3. The van der Waals surface area contributed by atoms with Gasteiger partial charge in [0.2, 0.25) is 0 Å². The van der Waals surface area contributed by atoms with Crippen molar-refractivity contribution < 1.29 is 28.8 Å². The summed E-state index contributed by atoms with van der Waals surface area (Å²) in [5.74, 6) is -0.000880. The lowest BCUT2D eigenvalue weighted by atomic mass is 9.57. The van der Waals surface area contributed by atoms with Crippen molar-refractivity contribution in [2.24, 2.45) is 29.6 Å². The second kappa shape index (κ2) is 8.81. The number of rotatable bonds is 3. The molecule has 2 heterocycles. The van der Waals surface area contributed by atoms with Gasteiger partial charge in [-0.05, 0) is 25.3 Å². The fourth-order valence-electron chi connectivity index (χ4n) is 6.83. The average Bonchev–Trinajstić information content (AvgIpc) is 3.41. The monoisotopic (exact) mass is 468 g/mol. The summed E-state index contributed by atoms with van der Waals surface area (Å²) in [6, 6.07) is 0. The molecule has 0 unspecified atom stereocenters. The highest BCUT2D eigenvalue weighted by atomic mass is 16.6. The first-order valence-electron chi connectivity index (χ1n) is 12.4. The summed E-state index contributed by atoms with van der Waals surface area (Å²) in [6.07, 6.45) is 11.6. The molecule has 1 N–H and O–H groups in total. The minimum Gasteiger partial charge on any atom is -0.495 e. The summed E-state index contributed by atoms with van der Waals surface area (Å²) < 4.78 is 24.8. The third-order valence-electron chi connectivity index (χ3n) is 8.56. The lowest BCUT2D eigenvalue weighted by Crippen LogP contribution is -2.56. The zero-order chi connectivity index (χ0) is 24.2. The van der Waals surface area contributed by atoms with E-state index in [0.717, 1.165) is 5.57 Å². The summed E-state index contributed by atoms with van der Waals surface area (Å²) in [7, 11) is 1.67. The first kappa shape index (κ1) is 23.6. The Morgan fingerprint density at radius 3 is 2.79 bits per heavy atom. The van der Waals surface area contributed by atoms with E-state index >= 15 is 0 Å². The van der Waals surface area contributed by atoms with Crippen molar-refractivity contribution in [2.45, 2.75) is 63.6 Å². The molecule has 184 valence electrons. The Bertz CT molecular complexity index is 975. The van der Waals surface area contributed by atoms with Crippen LogP contribution in [0, 0.1) is 29.6 Å². The highest BCUT2D eigenvalue weighted by Crippen LogP contribution is 2.61. The third kappa shape index (κ3) is 3.53. The predicted octanol–water partition coefficient (Wildman–Crippen LogP) is 3.88. The molecule has 34 heavy (non-hydrogen) atoms. The molecule has 0 aromatic carbocycles. The van der Waals surface area contributed by atoms with Gasteiger partial charge in [0.15, 0.2) is 0 Å². The molecule has 5 rings (SSSR count). The second-order valence-electron chi connectivity index (χ2n) is 10.6. The van der Waals surface area contributed by atoms with Crippen LogP contribution in [0.1, 0.15) is 33.6 Å². The van der Waals surface area contributed by atoms with E-state index in [2.05, 4.69) is 38.7 Å². The van der Waals surface area contributed by atoms with E-state index < -0.39 is 17.8 Å². The summed E-state index contributed by atoms with van der Waals surface area (Å²) in [6.45, 7) is 10.8. The topological polar surface area (TPSA) is 74.2 Å². The highest BCUT2D eigenvalue weighted by molar-refractivity contribution is 5.90. The normalized spacial score (nSPS) is 46.7. The SMILES string of the molecule is C=C1OC[C@H](C)/C=C(\C)[C@]23O[C@@H]4[C@H](C=C[C@@H]2C[C@@H]1OC)[C@H]3[C@H](O)[C@@H](C)[C@H]4OC(=O)C1=CC=CC1. The summed E-state index contributed by atoms with van der Waals surface area (Å²) in [5, 5.41) is 11.7. The number of carbonyl (C=O) groups is 1. The number of hydrogen-bond acceptors (Lipinski definition) is 6. The van der Waals surface area contributed by atoms with Crippen molar-refractivity contribution in [3.8, 4) is 0 Å². The van der Waals surface area contributed by atoms with Crippen LogP contribution >= 0.6 is 0 Å². The smallest absolute Gasteiger partial charge is 0.334 e. The van der Waals surface area contributed by atoms with Crippen LogP contribution in [0.5, 0.6) is 0 Å². The molecule has 2 fully saturated rings. The van der Waals surface area contributed by atoms with Gasteiger partial charge < -0.3 is 24.1 Å². The van der Waals surface area contributed by atoms with Crippen molar-refractivity contribution in [3.05, 3.63) is 59.9 Å². The maximum atomic E-state index is 12.9. The summed E-state index contributed by atoms with van der Waals surface area (Å²) in [4.78, 5) is 12.9. The van der Waals surface area contributed by atoms with E-state index in [4.69, 9.17) is 18.9 Å². The van der Waals surface area contributed by atoms with Crippen LogP contribution in [0.15, 0.2) is 59.9 Å². The number of aliphatic hydroxyl groups is 1. The zero-order valence-corrected chi connectivity index (χ0v) is 20.5. The Kier molecular flexibility index (Phi) is 6.11. The van der Waals surface area contributed by atoms with E-state index in [0.29, 0.717) is 30.8 Å². The molecular weight excluding hydrogens is 432 g/mol. The second-order valence-corrected chi connectivity index (χ2v) is 10.6. The zero-order valence-electron chi connectivity index (χ0n) is 20.5. The van der Waals surface area contributed by atoms with Crippen LogP contribution in [0.25, 0.3) is 0 Å². The van der Waals surface area contributed by atoms with Gasteiger partial charge in [-0.3, -0.25) is 0 Å². The van der Waals surface area contributed by atoms with Crippen LogP contribution in [0.4, 0.5) is 0 Å². The number of carbonyl (C=O) groups excluding carboxylic acids is 1. The standard InChI is InChI=1S/C28H36O6/c1-15-12-16(2)28-20(13-22(31-5)18(4)32-14-15)10-11-21-23(28)24(29)17(3)25(26(21)34-28)33-27(30)19-8-6-7-9-19/h6-8,10-12,15,17,20-26,29H,4,9,13-14H2,1-3,5H3/b16-12+/t15-,17-,20-,21-,22+,23+,24-,25-,26-,28+/m1/s1. The fourth-order valence-corrected chi connectivity index (χ4v) is 6.83. The van der Waals surface area contributed by atoms with Crippen molar-refractivity contribution in [3.63, 3.8) is 0 Å². The maximum absolute atomic E-state index is 12.9. The molecule has 6 nitrogen and oxygen atoms in total. The van der Waals surface area contributed by atoms with Crippen molar-refractivity contribution in [2.75, 3.05) is 13.7 Å². The summed E-state index contributed by atoms with van der Waals surface area (Å²) in [5.41, 5.74) is 1.04. The van der Waals surface area contributed by atoms with Crippen LogP contribution in [-0.4, -0.2) is 54.8 Å². The van der Waals surface area contributed by atoms with E-state index in [1.165, 1.54) is 0 Å². The van der Waals surface area contributed by atoms with Gasteiger partial charge in [-0.2, -0.15) is 0 Å². The minimum absolute atomic E-state index is 0.0297. The molecule has 4 bridgehead atoms. The van der Waals surface area contributed by atoms with Crippen LogP contribution in [0.2, 0.25) is 0 Å². The highest BCUT2D eigenvalue weighted by Gasteiger charge is 2.68. The van der Waals surface area contributed by atoms with Gasteiger partial charge in [0, 0.05) is 42.3 Å². The van der Waals surface area contributed by atoms with E-state index in [1.54, 1.807) is 13.2 Å². The summed E-state index contributed by atoms with van der Waals surface area (Å²) >= 11 is 0. The lowest BCUT2D eigenvalue weighted by Gasteiger charge is -2.48. The Morgan fingerprint density at radius 1 is 1.29 bits per heavy atom. The van der Waals surface area contributed by atoms with E-state index in [-0.39, 0.29) is 47.8 Å². The fraction of sp³-hybridized carbons (Fsp3) is 0.607. The van der Waals surface area contributed by atoms with Gasteiger partial charge in [-0.25, -0.2) is 4.79 Å². The number of allylic oxidation sites excluding steroid dienone is 3. The van der Waals surface area contributed by atoms with E-state index in [1.807, 2.05) is 19.1 Å². The van der Waals surface area contributed by atoms with Crippen LogP contribution < -0.4 is 0 Å². The molecule has 1 saturated heterocycles.